The van der Waals surface area contributed by atoms with Crippen LogP contribution < -0.4 is 20.1 Å². The summed E-state index contributed by atoms with van der Waals surface area (Å²) in [5.41, 5.74) is 0.716. The number of hydrogen-bond donors (Lipinski definition) is 2. The summed E-state index contributed by atoms with van der Waals surface area (Å²) in [7, 11) is 1.98. The number of anilines is 1. The van der Waals surface area contributed by atoms with Crippen molar-refractivity contribution in [3.8, 4) is 11.5 Å². The van der Waals surface area contributed by atoms with E-state index in [1.165, 1.54) is 0 Å². The van der Waals surface area contributed by atoms with Gasteiger partial charge in [0.05, 0.1) is 25.8 Å². The quantitative estimate of drug-likeness (QED) is 0.840. The van der Waals surface area contributed by atoms with Crippen LogP contribution in [0.25, 0.3) is 0 Å². The van der Waals surface area contributed by atoms with E-state index >= 15 is 0 Å². The number of fused-ring (bicyclic) bond motifs is 1. The molecule has 3 heterocycles. The lowest BCUT2D eigenvalue weighted by molar-refractivity contribution is -0.118. The standard InChI is InChI=1S/C19H25N5O3/c1-23-7-6-21-19(23)15-12-20-5-8-24(15)13-18(25)22-14-3-4-16-17(11-14)27-10-2-9-26-16/h3-4,6-7,11,15,20H,2,5,8-10,12-13H2,1H3,(H,22,25). The monoisotopic (exact) mass is 371 g/mol. The molecule has 8 nitrogen and oxygen atoms in total. The number of aromatic nitrogens is 2. The van der Waals surface area contributed by atoms with Gasteiger partial charge in [-0.15, -0.1) is 0 Å². The van der Waals surface area contributed by atoms with Crippen molar-refractivity contribution in [1.29, 1.82) is 0 Å². The van der Waals surface area contributed by atoms with E-state index < -0.39 is 0 Å². The van der Waals surface area contributed by atoms with Crippen LogP contribution >= 0.6 is 0 Å². The Morgan fingerprint density at radius 3 is 3.00 bits per heavy atom. The molecule has 0 bridgehead atoms. The molecule has 1 aromatic carbocycles. The van der Waals surface area contributed by atoms with Gasteiger partial charge in [0, 0.05) is 57.3 Å². The van der Waals surface area contributed by atoms with Gasteiger partial charge in [0.15, 0.2) is 11.5 Å². The number of nitrogens with one attached hydrogen (secondary N) is 2. The van der Waals surface area contributed by atoms with Gasteiger partial charge in [-0.25, -0.2) is 4.98 Å². The van der Waals surface area contributed by atoms with Crippen LogP contribution in [0, 0.1) is 0 Å². The number of piperazine rings is 1. The fraction of sp³-hybridized carbons (Fsp3) is 0.474. The molecule has 144 valence electrons. The van der Waals surface area contributed by atoms with Crippen LogP contribution in [0.5, 0.6) is 11.5 Å². The van der Waals surface area contributed by atoms with E-state index in [4.69, 9.17) is 9.47 Å². The number of amides is 1. The topological polar surface area (TPSA) is 80.7 Å². The van der Waals surface area contributed by atoms with E-state index in [-0.39, 0.29) is 11.9 Å². The third-order valence-electron chi connectivity index (χ3n) is 4.89. The first-order valence-electron chi connectivity index (χ1n) is 9.32. The number of hydrogen-bond acceptors (Lipinski definition) is 6. The van der Waals surface area contributed by atoms with Gasteiger partial charge in [0.25, 0.3) is 0 Å². The number of nitrogens with zero attached hydrogens (tertiary/aromatic N) is 3. The molecule has 4 rings (SSSR count). The Balaban J connectivity index is 1.42. The summed E-state index contributed by atoms with van der Waals surface area (Å²) in [5.74, 6) is 2.32. The van der Waals surface area contributed by atoms with Crippen LogP contribution in [0.1, 0.15) is 18.3 Å². The Morgan fingerprint density at radius 2 is 2.19 bits per heavy atom. The zero-order chi connectivity index (χ0) is 18.6. The van der Waals surface area contributed by atoms with E-state index in [9.17, 15) is 4.79 Å². The summed E-state index contributed by atoms with van der Waals surface area (Å²) in [4.78, 5) is 19.3. The molecule has 1 saturated heterocycles. The highest BCUT2D eigenvalue weighted by Gasteiger charge is 2.28. The van der Waals surface area contributed by atoms with Gasteiger partial charge in [-0.05, 0) is 12.1 Å². The van der Waals surface area contributed by atoms with Gasteiger partial charge in [-0.1, -0.05) is 0 Å². The SMILES string of the molecule is Cn1ccnc1C1CNCCN1CC(=O)Nc1ccc2c(c1)OCCCO2. The highest BCUT2D eigenvalue weighted by atomic mass is 16.5. The summed E-state index contributed by atoms with van der Waals surface area (Å²) in [6.45, 7) is 4.02. The number of carbonyl (C=O) groups excluding carboxylic acids is 1. The Bertz CT molecular complexity index is 806. The van der Waals surface area contributed by atoms with E-state index in [2.05, 4.69) is 20.5 Å². The van der Waals surface area contributed by atoms with Crippen molar-refractivity contribution in [3.05, 3.63) is 36.4 Å². The normalized spacial score (nSPS) is 20.1. The first-order valence-corrected chi connectivity index (χ1v) is 9.32. The lowest BCUT2D eigenvalue weighted by atomic mass is 10.1. The summed E-state index contributed by atoms with van der Waals surface area (Å²) in [5, 5.41) is 6.36. The largest absolute Gasteiger partial charge is 0.490 e. The average Bonchev–Trinajstić information content (AvgIpc) is 2.95. The maximum Gasteiger partial charge on any atom is 0.238 e. The highest BCUT2D eigenvalue weighted by Crippen LogP contribution is 2.32. The molecule has 0 saturated carbocycles. The van der Waals surface area contributed by atoms with Crippen molar-refractivity contribution in [3.63, 3.8) is 0 Å². The summed E-state index contributed by atoms with van der Waals surface area (Å²) >= 11 is 0. The minimum Gasteiger partial charge on any atom is -0.490 e. The van der Waals surface area contributed by atoms with Gasteiger partial charge in [-0.2, -0.15) is 0 Å². The van der Waals surface area contributed by atoms with Crippen molar-refractivity contribution in [2.75, 3.05) is 44.7 Å². The molecular formula is C19H25N5O3. The summed E-state index contributed by atoms with van der Waals surface area (Å²) < 4.78 is 13.3. The molecular weight excluding hydrogens is 346 g/mol. The Labute approximate surface area is 158 Å². The molecule has 0 aliphatic carbocycles. The van der Waals surface area contributed by atoms with Crippen molar-refractivity contribution < 1.29 is 14.3 Å². The lowest BCUT2D eigenvalue weighted by Crippen LogP contribution is -2.49. The first kappa shape index (κ1) is 17.8. The number of imidazole rings is 1. The van der Waals surface area contributed by atoms with Crippen LogP contribution in [-0.2, 0) is 11.8 Å². The van der Waals surface area contributed by atoms with E-state index in [0.29, 0.717) is 31.2 Å². The van der Waals surface area contributed by atoms with Crippen LogP contribution in [0.2, 0.25) is 0 Å². The maximum atomic E-state index is 12.6. The van der Waals surface area contributed by atoms with E-state index in [1.807, 2.05) is 36.0 Å². The zero-order valence-electron chi connectivity index (χ0n) is 15.5. The van der Waals surface area contributed by atoms with Crippen LogP contribution in [0.15, 0.2) is 30.6 Å². The minimum atomic E-state index is -0.0504. The van der Waals surface area contributed by atoms with Crippen molar-refractivity contribution in [1.82, 2.24) is 19.8 Å². The second-order valence-electron chi connectivity index (χ2n) is 6.85. The van der Waals surface area contributed by atoms with Crippen molar-refractivity contribution in [2.24, 2.45) is 7.05 Å². The van der Waals surface area contributed by atoms with Gasteiger partial charge in [0.1, 0.15) is 5.82 Å². The number of carbonyl (C=O) groups is 1. The highest BCUT2D eigenvalue weighted by molar-refractivity contribution is 5.92. The van der Waals surface area contributed by atoms with E-state index in [1.54, 1.807) is 6.20 Å². The molecule has 0 radical (unpaired) electrons. The average molecular weight is 371 g/mol. The second-order valence-corrected chi connectivity index (χ2v) is 6.85. The molecule has 0 spiro atoms. The molecule has 2 aliphatic rings. The van der Waals surface area contributed by atoms with Crippen LogP contribution in [0.4, 0.5) is 5.69 Å². The third kappa shape index (κ3) is 4.06. The molecule has 1 unspecified atom stereocenters. The third-order valence-corrected chi connectivity index (χ3v) is 4.89. The Hall–Kier alpha value is -2.58. The molecule has 27 heavy (non-hydrogen) atoms. The Kier molecular flexibility index (Phi) is 5.26. The van der Waals surface area contributed by atoms with Gasteiger partial charge in [-0.3, -0.25) is 9.69 Å². The van der Waals surface area contributed by atoms with E-state index in [0.717, 1.165) is 37.6 Å². The second kappa shape index (κ2) is 7.98. The predicted octanol–water partition coefficient (Wildman–Crippen LogP) is 1.17. The summed E-state index contributed by atoms with van der Waals surface area (Å²) in [6.07, 6.45) is 4.58. The number of rotatable bonds is 4. The fourth-order valence-electron chi connectivity index (χ4n) is 3.51. The predicted molar refractivity (Wildman–Crippen MR) is 101 cm³/mol. The molecule has 1 amide bonds. The molecule has 2 aliphatic heterocycles. The van der Waals surface area contributed by atoms with Crippen LogP contribution in [-0.4, -0.2) is 59.8 Å². The smallest absolute Gasteiger partial charge is 0.238 e. The summed E-state index contributed by atoms with van der Waals surface area (Å²) in [6, 6.07) is 5.59. The molecule has 8 heteroatoms. The number of aryl methyl sites for hydroxylation is 1. The van der Waals surface area contributed by atoms with Gasteiger partial charge in [0.2, 0.25) is 5.91 Å². The molecule has 2 N–H and O–H groups in total. The van der Waals surface area contributed by atoms with Crippen molar-refractivity contribution in [2.45, 2.75) is 12.5 Å². The number of ether oxygens (including phenoxy) is 2. The molecule has 1 aromatic heterocycles. The molecule has 2 aromatic rings. The molecule has 1 atom stereocenters. The van der Waals surface area contributed by atoms with Crippen molar-refractivity contribution >= 4 is 11.6 Å². The lowest BCUT2D eigenvalue weighted by Gasteiger charge is -2.35. The van der Waals surface area contributed by atoms with Gasteiger partial charge >= 0.3 is 0 Å². The number of benzene rings is 1. The van der Waals surface area contributed by atoms with Gasteiger partial charge < -0.3 is 24.7 Å². The Morgan fingerprint density at radius 1 is 1.33 bits per heavy atom. The van der Waals surface area contributed by atoms with Crippen LogP contribution in [0.3, 0.4) is 0 Å². The zero-order valence-corrected chi connectivity index (χ0v) is 15.5. The minimum absolute atomic E-state index is 0.0504. The maximum absolute atomic E-state index is 12.6. The first-order chi connectivity index (χ1) is 13.2. The fourth-order valence-corrected chi connectivity index (χ4v) is 3.51. The molecule has 1 fully saturated rings.